The molecule has 0 aliphatic rings. The van der Waals surface area contributed by atoms with Gasteiger partial charge >= 0.3 is 10.1 Å². The molecular formula is C20H17ClO4S. The topological polar surface area (TPSA) is 52.6 Å². The summed E-state index contributed by atoms with van der Waals surface area (Å²) in [4.78, 5) is 0.101. The standard InChI is InChI=1S/C20H17ClO4S/c1-14-13-20(15(2)12-19(14)21)26(22,23)25-18-10-8-17(9-11-18)24-16-6-4-3-5-7-16/h3-13H,1-2H3. The number of hydrogen-bond acceptors (Lipinski definition) is 4. The van der Waals surface area contributed by atoms with E-state index in [4.69, 9.17) is 20.5 Å². The molecule has 0 unspecified atom stereocenters. The van der Waals surface area contributed by atoms with Crippen LogP contribution in [0.4, 0.5) is 0 Å². The molecule has 0 heterocycles. The van der Waals surface area contributed by atoms with Crippen LogP contribution in [-0.2, 0) is 10.1 Å². The minimum absolute atomic E-state index is 0.101. The van der Waals surface area contributed by atoms with E-state index in [0.29, 0.717) is 27.6 Å². The highest BCUT2D eigenvalue weighted by molar-refractivity contribution is 7.87. The molecule has 26 heavy (non-hydrogen) atoms. The highest BCUT2D eigenvalue weighted by atomic mass is 35.5. The largest absolute Gasteiger partial charge is 0.457 e. The molecule has 4 nitrogen and oxygen atoms in total. The highest BCUT2D eigenvalue weighted by Crippen LogP contribution is 2.28. The molecule has 0 aromatic heterocycles. The van der Waals surface area contributed by atoms with Gasteiger partial charge in [0.1, 0.15) is 22.1 Å². The molecule has 3 aromatic rings. The van der Waals surface area contributed by atoms with Crippen LogP contribution in [0.25, 0.3) is 0 Å². The van der Waals surface area contributed by atoms with E-state index in [1.165, 1.54) is 6.07 Å². The Morgan fingerprint density at radius 1 is 0.769 bits per heavy atom. The van der Waals surface area contributed by atoms with Gasteiger partial charge in [0, 0.05) is 5.02 Å². The van der Waals surface area contributed by atoms with Crippen molar-refractivity contribution in [2.45, 2.75) is 18.7 Å². The molecule has 0 saturated carbocycles. The molecule has 0 amide bonds. The summed E-state index contributed by atoms with van der Waals surface area (Å²) >= 11 is 6.03. The second kappa shape index (κ2) is 7.40. The van der Waals surface area contributed by atoms with Crippen LogP contribution in [0.15, 0.2) is 71.6 Å². The average Bonchev–Trinajstić information content (AvgIpc) is 2.60. The van der Waals surface area contributed by atoms with Crippen LogP contribution in [0.5, 0.6) is 17.2 Å². The van der Waals surface area contributed by atoms with Crippen LogP contribution in [0.3, 0.4) is 0 Å². The van der Waals surface area contributed by atoms with Gasteiger partial charge in [0.05, 0.1) is 0 Å². The Kier molecular flexibility index (Phi) is 5.20. The maximum atomic E-state index is 12.6. The maximum absolute atomic E-state index is 12.6. The van der Waals surface area contributed by atoms with Gasteiger partial charge in [-0.1, -0.05) is 29.8 Å². The lowest BCUT2D eigenvalue weighted by Crippen LogP contribution is -2.11. The monoisotopic (exact) mass is 388 g/mol. The van der Waals surface area contributed by atoms with Crippen molar-refractivity contribution in [3.63, 3.8) is 0 Å². The fourth-order valence-electron chi connectivity index (χ4n) is 2.38. The maximum Gasteiger partial charge on any atom is 0.339 e. The fourth-order valence-corrected chi connectivity index (χ4v) is 3.83. The number of ether oxygens (including phenoxy) is 1. The minimum atomic E-state index is -3.95. The van der Waals surface area contributed by atoms with Crippen molar-refractivity contribution >= 4 is 21.7 Å². The molecular weight excluding hydrogens is 372 g/mol. The van der Waals surface area contributed by atoms with Crippen LogP contribution >= 0.6 is 11.6 Å². The zero-order valence-electron chi connectivity index (χ0n) is 14.3. The summed E-state index contributed by atoms with van der Waals surface area (Å²) in [5, 5.41) is 0.517. The zero-order chi connectivity index (χ0) is 18.7. The molecule has 0 fully saturated rings. The van der Waals surface area contributed by atoms with Crippen molar-refractivity contribution in [3.8, 4) is 17.2 Å². The summed E-state index contributed by atoms with van der Waals surface area (Å²) in [6.07, 6.45) is 0. The molecule has 0 aliphatic heterocycles. The summed E-state index contributed by atoms with van der Waals surface area (Å²) in [6.45, 7) is 3.43. The first kappa shape index (κ1) is 18.3. The second-order valence-electron chi connectivity index (χ2n) is 5.79. The average molecular weight is 389 g/mol. The van der Waals surface area contributed by atoms with E-state index in [-0.39, 0.29) is 10.6 Å². The SMILES string of the molecule is Cc1cc(S(=O)(=O)Oc2ccc(Oc3ccccc3)cc2)c(C)cc1Cl. The number of rotatable bonds is 5. The normalized spacial score (nSPS) is 11.2. The summed E-state index contributed by atoms with van der Waals surface area (Å²) in [7, 11) is -3.95. The van der Waals surface area contributed by atoms with Gasteiger partial charge in [0.25, 0.3) is 0 Å². The van der Waals surface area contributed by atoms with E-state index in [9.17, 15) is 8.42 Å². The van der Waals surface area contributed by atoms with Gasteiger partial charge in [-0.2, -0.15) is 8.42 Å². The summed E-state index contributed by atoms with van der Waals surface area (Å²) in [5.74, 6) is 1.48. The Labute approximate surface area is 158 Å². The third kappa shape index (κ3) is 4.18. The van der Waals surface area contributed by atoms with Crippen molar-refractivity contribution < 1.29 is 17.3 Å². The van der Waals surface area contributed by atoms with E-state index in [0.717, 1.165) is 0 Å². The summed E-state index contributed by atoms with van der Waals surface area (Å²) < 4.78 is 36.0. The molecule has 3 aromatic carbocycles. The third-order valence-corrected chi connectivity index (χ3v) is 5.53. The molecule has 0 aliphatic carbocycles. The zero-order valence-corrected chi connectivity index (χ0v) is 15.8. The van der Waals surface area contributed by atoms with Crippen molar-refractivity contribution in [1.82, 2.24) is 0 Å². The van der Waals surface area contributed by atoms with E-state index in [1.807, 2.05) is 30.3 Å². The Balaban J connectivity index is 1.79. The molecule has 0 bridgehead atoms. The molecule has 134 valence electrons. The third-order valence-electron chi connectivity index (χ3n) is 3.73. The Morgan fingerprint density at radius 2 is 1.35 bits per heavy atom. The lowest BCUT2D eigenvalue weighted by Gasteiger charge is -2.12. The van der Waals surface area contributed by atoms with Crippen molar-refractivity contribution in [3.05, 3.63) is 82.9 Å². The van der Waals surface area contributed by atoms with Crippen LogP contribution in [0.1, 0.15) is 11.1 Å². The fraction of sp³-hybridized carbons (Fsp3) is 0.100. The highest BCUT2D eigenvalue weighted by Gasteiger charge is 2.20. The molecule has 6 heteroatoms. The number of benzene rings is 3. The molecule has 0 spiro atoms. The number of hydrogen-bond donors (Lipinski definition) is 0. The van der Waals surface area contributed by atoms with Gasteiger partial charge in [-0.15, -0.1) is 0 Å². The van der Waals surface area contributed by atoms with E-state index in [2.05, 4.69) is 0 Å². The van der Waals surface area contributed by atoms with Crippen LogP contribution < -0.4 is 8.92 Å². The number of aryl methyl sites for hydroxylation is 2. The lowest BCUT2D eigenvalue weighted by molar-refractivity contribution is 0.474. The van der Waals surface area contributed by atoms with E-state index >= 15 is 0 Å². The Hall–Kier alpha value is -2.50. The first-order chi connectivity index (χ1) is 12.3. The molecule has 0 N–H and O–H groups in total. The number of para-hydroxylation sites is 1. The van der Waals surface area contributed by atoms with Gasteiger partial charge < -0.3 is 8.92 Å². The van der Waals surface area contributed by atoms with Gasteiger partial charge in [0.15, 0.2) is 0 Å². The van der Waals surface area contributed by atoms with Crippen LogP contribution in [-0.4, -0.2) is 8.42 Å². The van der Waals surface area contributed by atoms with Gasteiger partial charge in [-0.25, -0.2) is 0 Å². The smallest absolute Gasteiger partial charge is 0.339 e. The van der Waals surface area contributed by atoms with Crippen molar-refractivity contribution in [2.24, 2.45) is 0 Å². The minimum Gasteiger partial charge on any atom is -0.457 e. The first-order valence-electron chi connectivity index (χ1n) is 7.89. The molecule has 0 atom stereocenters. The Bertz CT molecular complexity index is 1010. The van der Waals surface area contributed by atoms with Gasteiger partial charge in [-0.05, 0) is 73.5 Å². The van der Waals surface area contributed by atoms with Crippen LogP contribution in [0, 0.1) is 13.8 Å². The van der Waals surface area contributed by atoms with Gasteiger partial charge in [-0.3, -0.25) is 0 Å². The van der Waals surface area contributed by atoms with Crippen molar-refractivity contribution in [1.29, 1.82) is 0 Å². The molecule has 0 saturated heterocycles. The van der Waals surface area contributed by atoms with E-state index < -0.39 is 10.1 Å². The lowest BCUT2D eigenvalue weighted by atomic mass is 10.2. The van der Waals surface area contributed by atoms with Gasteiger partial charge in [0.2, 0.25) is 0 Å². The van der Waals surface area contributed by atoms with Crippen LogP contribution in [0.2, 0.25) is 5.02 Å². The molecule has 0 radical (unpaired) electrons. The second-order valence-corrected chi connectivity index (χ2v) is 7.71. The van der Waals surface area contributed by atoms with Crippen molar-refractivity contribution in [2.75, 3.05) is 0 Å². The summed E-state index contributed by atoms with van der Waals surface area (Å²) in [5.41, 5.74) is 1.20. The Morgan fingerprint density at radius 3 is 2.00 bits per heavy atom. The predicted molar refractivity (Wildman–Crippen MR) is 102 cm³/mol. The quantitative estimate of drug-likeness (QED) is 0.540. The first-order valence-corrected chi connectivity index (χ1v) is 9.68. The predicted octanol–water partition coefficient (Wildman–Crippen LogP) is 5.52. The molecule has 3 rings (SSSR count). The summed E-state index contributed by atoms with van der Waals surface area (Å²) in [6, 6.07) is 18.8. The van der Waals surface area contributed by atoms with E-state index in [1.54, 1.807) is 44.2 Å². The number of halogens is 1.